The van der Waals surface area contributed by atoms with Gasteiger partial charge in [0, 0.05) is 37.5 Å². The zero-order valence-electron chi connectivity index (χ0n) is 15.8. The third-order valence-corrected chi connectivity index (χ3v) is 5.32. The van der Waals surface area contributed by atoms with Crippen LogP contribution in [-0.4, -0.2) is 27.4 Å². The number of aromatic nitrogens is 2. The highest BCUT2D eigenvalue weighted by Crippen LogP contribution is 2.35. The van der Waals surface area contributed by atoms with Crippen molar-refractivity contribution in [2.45, 2.75) is 38.3 Å². The van der Waals surface area contributed by atoms with Crippen molar-refractivity contribution in [1.29, 1.82) is 0 Å². The lowest BCUT2D eigenvalue weighted by Gasteiger charge is -2.18. The van der Waals surface area contributed by atoms with Gasteiger partial charge < -0.3 is 4.90 Å². The molecule has 2 aromatic carbocycles. The second-order valence-electron chi connectivity index (χ2n) is 7.33. The lowest BCUT2D eigenvalue weighted by atomic mass is 10.2. The van der Waals surface area contributed by atoms with Gasteiger partial charge in [-0.3, -0.25) is 14.2 Å². The molecule has 0 unspecified atom stereocenters. The lowest BCUT2D eigenvalue weighted by Crippen LogP contribution is -2.29. The van der Waals surface area contributed by atoms with Gasteiger partial charge in [0.25, 0.3) is 5.56 Å². The maximum absolute atomic E-state index is 12.9. The summed E-state index contributed by atoms with van der Waals surface area (Å²) in [4.78, 5) is 31.9. The Hall–Kier alpha value is -2.66. The number of rotatable bonds is 6. The van der Waals surface area contributed by atoms with Crippen LogP contribution < -0.4 is 5.56 Å². The standard InChI is InChI=1S/C22H22ClN3O2/c1-25(14-15-5-4-6-16(23)13-15)21(27)12-11-20-24-19-8-3-2-7-18(19)22(28)26(20)17-9-10-17/h2-8,13,17H,9-12,14H2,1H3. The minimum Gasteiger partial charge on any atom is -0.341 e. The average Bonchev–Trinajstić information content (AvgIpc) is 3.51. The molecule has 0 aliphatic heterocycles. The first-order valence-corrected chi connectivity index (χ1v) is 9.89. The Morgan fingerprint density at radius 3 is 2.75 bits per heavy atom. The van der Waals surface area contributed by atoms with Crippen LogP contribution in [-0.2, 0) is 17.8 Å². The largest absolute Gasteiger partial charge is 0.341 e. The molecule has 5 nitrogen and oxygen atoms in total. The maximum atomic E-state index is 12.9. The molecule has 0 N–H and O–H groups in total. The summed E-state index contributed by atoms with van der Waals surface area (Å²) in [5.41, 5.74) is 1.68. The van der Waals surface area contributed by atoms with E-state index in [-0.39, 0.29) is 17.5 Å². The fraction of sp³-hybridized carbons (Fsp3) is 0.318. The summed E-state index contributed by atoms with van der Waals surface area (Å²) in [6.07, 6.45) is 2.76. The molecule has 1 amide bonds. The Bertz CT molecular complexity index is 1090. The Morgan fingerprint density at radius 1 is 1.21 bits per heavy atom. The summed E-state index contributed by atoms with van der Waals surface area (Å²) in [6, 6.07) is 15.1. The average molecular weight is 396 g/mol. The van der Waals surface area contributed by atoms with Gasteiger partial charge in [0.1, 0.15) is 5.82 Å². The van der Waals surface area contributed by atoms with Gasteiger partial charge in [0.05, 0.1) is 10.9 Å². The van der Waals surface area contributed by atoms with Crippen LogP contribution in [0.5, 0.6) is 0 Å². The molecule has 4 rings (SSSR count). The molecular weight excluding hydrogens is 374 g/mol. The van der Waals surface area contributed by atoms with Crippen LogP contribution in [0.25, 0.3) is 10.9 Å². The normalized spacial score (nSPS) is 13.6. The fourth-order valence-corrected chi connectivity index (χ4v) is 3.70. The van der Waals surface area contributed by atoms with Crippen LogP contribution in [0.3, 0.4) is 0 Å². The molecule has 1 aromatic heterocycles. The van der Waals surface area contributed by atoms with Gasteiger partial charge in [-0.2, -0.15) is 0 Å². The Morgan fingerprint density at radius 2 is 2.00 bits per heavy atom. The number of amides is 1. The Labute approximate surface area is 168 Å². The molecule has 0 bridgehead atoms. The van der Waals surface area contributed by atoms with Crippen molar-refractivity contribution >= 4 is 28.4 Å². The van der Waals surface area contributed by atoms with Crippen LogP contribution >= 0.6 is 11.6 Å². The van der Waals surface area contributed by atoms with Crippen molar-refractivity contribution < 1.29 is 4.79 Å². The number of halogens is 1. The van der Waals surface area contributed by atoms with Gasteiger partial charge in [-0.25, -0.2) is 4.98 Å². The van der Waals surface area contributed by atoms with Gasteiger partial charge in [-0.1, -0.05) is 35.9 Å². The van der Waals surface area contributed by atoms with Crippen molar-refractivity contribution in [3.8, 4) is 0 Å². The highest BCUT2D eigenvalue weighted by molar-refractivity contribution is 6.30. The van der Waals surface area contributed by atoms with Gasteiger partial charge in [0.2, 0.25) is 5.91 Å². The number of benzene rings is 2. The fourth-order valence-electron chi connectivity index (χ4n) is 3.48. The number of hydrogen-bond acceptors (Lipinski definition) is 3. The molecule has 1 fully saturated rings. The molecule has 1 heterocycles. The molecule has 0 spiro atoms. The van der Waals surface area contributed by atoms with Gasteiger partial charge in [0.15, 0.2) is 0 Å². The topological polar surface area (TPSA) is 55.2 Å². The quantitative estimate of drug-likeness (QED) is 0.634. The molecular formula is C22H22ClN3O2. The van der Waals surface area contributed by atoms with Gasteiger partial charge in [-0.15, -0.1) is 0 Å². The predicted octanol–water partition coefficient (Wildman–Crippen LogP) is 3.98. The highest BCUT2D eigenvalue weighted by atomic mass is 35.5. The number of para-hydroxylation sites is 1. The smallest absolute Gasteiger partial charge is 0.261 e. The number of fused-ring (bicyclic) bond motifs is 1. The molecule has 1 aliphatic carbocycles. The number of nitrogens with zero attached hydrogens (tertiary/aromatic N) is 3. The van der Waals surface area contributed by atoms with Gasteiger partial charge in [-0.05, 0) is 42.7 Å². The number of hydrogen-bond donors (Lipinski definition) is 0. The zero-order chi connectivity index (χ0) is 19.7. The van der Waals surface area contributed by atoms with Crippen molar-refractivity contribution in [3.63, 3.8) is 0 Å². The van der Waals surface area contributed by atoms with Crippen LogP contribution in [0.4, 0.5) is 0 Å². The summed E-state index contributed by atoms with van der Waals surface area (Å²) >= 11 is 6.02. The van der Waals surface area contributed by atoms with Crippen molar-refractivity contribution in [1.82, 2.24) is 14.5 Å². The molecule has 0 radical (unpaired) electrons. The molecule has 0 saturated heterocycles. The first kappa shape index (κ1) is 18.7. The zero-order valence-corrected chi connectivity index (χ0v) is 16.5. The summed E-state index contributed by atoms with van der Waals surface area (Å²) < 4.78 is 1.80. The monoisotopic (exact) mass is 395 g/mol. The number of aryl methyl sites for hydroxylation is 1. The van der Waals surface area contributed by atoms with Crippen molar-refractivity contribution in [3.05, 3.63) is 75.3 Å². The van der Waals surface area contributed by atoms with E-state index in [2.05, 4.69) is 0 Å². The van der Waals surface area contributed by atoms with E-state index in [1.54, 1.807) is 16.5 Å². The molecule has 3 aromatic rings. The SMILES string of the molecule is CN(Cc1cccc(Cl)c1)C(=O)CCc1nc2ccccc2c(=O)n1C1CC1. The highest BCUT2D eigenvalue weighted by Gasteiger charge is 2.28. The molecule has 144 valence electrons. The third kappa shape index (κ3) is 3.94. The lowest BCUT2D eigenvalue weighted by molar-refractivity contribution is -0.130. The van der Waals surface area contributed by atoms with Crippen LogP contribution in [0, 0.1) is 0 Å². The second-order valence-corrected chi connectivity index (χ2v) is 7.77. The Balaban J connectivity index is 1.51. The summed E-state index contributed by atoms with van der Waals surface area (Å²) in [6.45, 7) is 0.500. The number of carbonyl (C=O) groups excluding carboxylic acids is 1. The van der Waals surface area contributed by atoms with E-state index in [1.807, 2.05) is 48.5 Å². The van der Waals surface area contributed by atoms with E-state index in [0.29, 0.717) is 41.1 Å². The summed E-state index contributed by atoms with van der Waals surface area (Å²) in [7, 11) is 1.78. The minimum absolute atomic E-state index is 0.00262. The van der Waals surface area contributed by atoms with E-state index < -0.39 is 0 Å². The first-order valence-electron chi connectivity index (χ1n) is 9.51. The third-order valence-electron chi connectivity index (χ3n) is 5.09. The van der Waals surface area contributed by atoms with E-state index in [0.717, 1.165) is 18.4 Å². The maximum Gasteiger partial charge on any atom is 0.261 e. The molecule has 28 heavy (non-hydrogen) atoms. The predicted molar refractivity (Wildman–Crippen MR) is 111 cm³/mol. The molecule has 6 heteroatoms. The molecule has 1 aliphatic rings. The Kier molecular flexibility index (Phi) is 5.18. The van der Waals surface area contributed by atoms with Crippen molar-refractivity contribution in [2.24, 2.45) is 0 Å². The second kappa shape index (κ2) is 7.76. The minimum atomic E-state index is 0.00262. The van der Waals surface area contributed by atoms with Crippen LogP contribution in [0.1, 0.15) is 36.7 Å². The molecule has 1 saturated carbocycles. The molecule has 0 atom stereocenters. The van der Waals surface area contributed by atoms with Gasteiger partial charge >= 0.3 is 0 Å². The van der Waals surface area contributed by atoms with Crippen molar-refractivity contribution in [2.75, 3.05) is 7.05 Å². The van der Waals surface area contributed by atoms with Crippen LogP contribution in [0.15, 0.2) is 53.3 Å². The summed E-state index contributed by atoms with van der Waals surface area (Å²) in [5.74, 6) is 0.723. The first-order chi connectivity index (χ1) is 13.5. The summed E-state index contributed by atoms with van der Waals surface area (Å²) in [5, 5.41) is 1.30. The van der Waals surface area contributed by atoms with Crippen LogP contribution in [0.2, 0.25) is 5.02 Å². The van der Waals surface area contributed by atoms with E-state index in [4.69, 9.17) is 16.6 Å². The number of carbonyl (C=O) groups is 1. The van der Waals surface area contributed by atoms with E-state index >= 15 is 0 Å². The van der Waals surface area contributed by atoms with E-state index in [1.165, 1.54) is 0 Å². The van der Waals surface area contributed by atoms with E-state index in [9.17, 15) is 9.59 Å².